The van der Waals surface area contributed by atoms with Gasteiger partial charge in [0.1, 0.15) is 11.4 Å². The number of carbonyl (C=O) groups excluding carboxylic acids is 1. The predicted molar refractivity (Wildman–Crippen MR) is 107 cm³/mol. The summed E-state index contributed by atoms with van der Waals surface area (Å²) in [7, 11) is 0. The van der Waals surface area contributed by atoms with Gasteiger partial charge in [0, 0.05) is 29.5 Å². The van der Waals surface area contributed by atoms with Crippen molar-refractivity contribution in [1.82, 2.24) is 15.4 Å². The van der Waals surface area contributed by atoms with Crippen molar-refractivity contribution < 1.29 is 24.3 Å². The SMILES string of the molecule is C[C@@H]1C=C(/C=C/c2cc(SC3=C(C(=O)O)N4C(=O)[C@H]([C@@H](C)O)C4[C@H]3C)on2)CN1. The van der Waals surface area contributed by atoms with Crippen LogP contribution in [0, 0.1) is 11.8 Å². The van der Waals surface area contributed by atoms with Crippen molar-refractivity contribution in [2.45, 2.75) is 44.1 Å². The number of aromatic nitrogens is 1. The predicted octanol–water partition coefficient (Wildman–Crippen LogP) is 1.85. The fraction of sp³-hybridized carbons (Fsp3) is 0.450. The van der Waals surface area contributed by atoms with Crippen LogP contribution in [-0.4, -0.2) is 56.9 Å². The Morgan fingerprint density at radius 2 is 2.21 bits per heavy atom. The minimum Gasteiger partial charge on any atom is -0.477 e. The largest absolute Gasteiger partial charge is 0.477 e. The van der Waals surface area contributed by atoms with Gasteiger partial charge in [0.15, 0.2) is 5.09 Å². The van der Waals surface area contributed by atoms with Gasteiger partial charge in [-0.25, -0.2) is 4.79 Å². The zero-order valence-corrected chi connectivity index (χ0v) is 17.1. The Labute approximate surface area is 172 Å². The van der Waals surface area contributed by atoms with Gasteiger partial charge in [0.05, 0.1) is 18.1 Å². The van der Waals surface area contributed by atoms with Crippen molar-refractivity contribution in [2.75, 3.05) is 6.54 Å². The van der Waals surface area contributed by atoms with Crippen molar-refractivity contribution >= 4 is 29.7 Å². The molecule has 4 heterocycles. The van der Waals surface area contributed by atoms with Gasteiger partial charge in [-0.15, -0.1) is 0 Å². The van der Waals surface area contributed by atoms with E-state index in [1.165, 1.54) is 22.2 Å². The summed E-state index contributed by atoms with van der Waals surface area (Å²) in [5.74, 6) is -2.31. The molecule has 1 amide bonds. The average Bonchev–Trinajstić information content (AvgIpc) is 3.32. The normalized spacial score (nSPS) is 30.0. The minimum atomic E-state index is -1.16. The van der Waals surface area contributed by atoms with E-state index in [0.717, 1.165) is 6.54 Å². The Hall–Kier alpha value is -2.36. The molecule has 5 atom stereocenters. The molecule has 154 valence electrons. The van der Waals surface area contributed by atoms with Gasteiger partial charge in [0.25, 0.3) is 0 Å². The van der Waals surface area contributed by atoms with Gasteiger partial charge < -0.3 is 25.0 Å². The number of nitrogens with one attached hydrogen (secondary N) is 1. The second-order valence-corrected chi connectivity index (χ2v) is 8.74. The van der Waals surface area contributed by atoms with E-state index in [9.17, 15) is 19.8 Å². The molecule has 3 aliphatic rings. The first kappa shape index (κ1) is 19.9. The quantitative estimate of drug-likeness (QED) is 0.601. The summed E-state index contributed by atoms with van der Waals surface area (Å²) in [6.07, 6.45) is 5.13. The van der Waals surface area contributed by atoms with Crippen molar-refractivity contribution in [3.8, 4) is 0 Å². The molecule has 1 unspecified atom stereocenters. The molecule has 0 radical (unpaired) electrons. The number of carboxylic acids is 1. The summed E-state index contributed by atoms with van der Waals surface area (Å²) in [6.45, 7) is 6.32. The molecule has 0 aliphatic carbocycles. The summed E-state index contributed by atoms with van der Waals surface area (Å²) in [5, 5.41) is 27.4. The summed E-state index contributed by atoms with van der Waals surface area (Å²) in [4.78, 5) is 26.1. The Morgan fingerprint density at radius 1 is 1.45 bits per heavy atom. The molecule has 1 saturated heterocycles. The molecule has 0 spiro atoms. The van der Waals surface area contributed by atoms with E-state index >= 15 is 0 Å². The van der Waals surface area contributed by atoms with Gasteiger partial charge in [0.2, 0.25) is 5.91 Å². The number of rotatable bonds is 6. The van der Waals surface area contributed by atoms with Crippen molar-refractivity contribution in [1.29, 1.82) is 0 Å². The van der Waals surface area contributed by atoms with Crippen LogP contribution in [0.25, 0.3) is 6.08 Å². The molecule has 0 aromatic carbocycles. The molecule has 9 heteroatoms. The summed E-state index contributed by atoms with van der Waals surface area (Å²) < 4.78 is 5.38. The first-order valence-corrected chi connectivity index (χ1v) is 10.3. The maximum atomic E-state index is 12.4. The van der Waals surface area contributed by atoms with E-state index in [2.05, 4.69) is 23.5 Å². The molecule has 8 nitrogen and oxygen atoms in total. The van der Waals surface area contributed by atoms with Crippen LogP contribution in [0.1, 0.15) is 26.5 Å². The van der Waals surface area contributed by atoms with E-state index in [0.29, 0.717) is 21.7 Å². The zero-order chi connectivity index (χ0) is 20.9. The van der Waals surface area contributed by atoms with Crippen LogP contribution in [0.3, 0.4) is 0 Å². The number of hydrogen-bond acceptors (Lipinski definition) is 7. The number of carbonyl (C=O) groups is 2. The summed E-state index contributed by atoms with van der Waals surface area (Å²) >= 11 is 1.17. The van der Waals surface area contributed by atoms with Crippen LogP contribution in [0.5, 0.6) is 0 Å². The molecule has 3 N–H and O–H groups in total. The number of fused-ring (bicyclic) bond motifs is 1. The molecular formula is C20H23N3O5S. The van der Waals surface area contributed by atoms with E-state index in [-0.39, 0.29) is 23.6 Å². The first-order valence-electron chi connectivity index (χ1n) is 9.53. The highest BCUT2D eigenvalue weighted by molar-refractivity contribution is 8.03. The number of β-lactam (4-membered cyclic amide) rings is 1. The number of aliphatic hydroxyl groups excluding tert-OH is 1. The monoisotopic (exact) mass is 417 g/mol. The van der Waals surface area contributed by atoms with E-state index < -0.39 is 18.0 Å². The van der Waals surface area contributed by atoms with Gasteiger partial charge in [-0.2, -0.15) is 0 Å². The Balaban J connectivity index is 1.54. The fourth-order valence-corrected chi connectivity index (χ4v) is 5.27. The third-order valence-electron chi connectivity index (χ3n) is 5.59. The van der Waals surface area contributed by atoms with Gasteiger partial charge in [-0.3, -0.25) is 4.79 Å². The maximum Gasteiger partial charge on any atom is 0.353 e. The lowest BCUT2D eigenvalue weighted by molar-refractivity contribution is -0.163. The van der Waals surface area contributed by atoms with Crippen LogP contribution < -0.4 is 5.32 Å². The van der Waals surface area contributed by atoms with Gasteiger partial charge in [-0.1, -0.05) is 36.0 Å². The standard InChI is InChI=1S/C20H23N3O5S/c1-9-6-12(8-21-9)4-5-13-7-14(28-22-13)29-18-10(2)16-15(11(3)24)19(25)23(16)17(18)20(26)27/h4-7,9-11,15-16,21,24H,8H2,1-3H3,(H,26,27)/b5-4+/t9-,10-,11-,15-,16?/m1/s1. The van der Waals surface area contributed by atoms with Crippen LogP contribution in [0.15, 0.2) is 44.0 Å². The van der Waals surface area contributed by atoms with Gasteiger partial charge in [-0.05, 0) is 25.5 Å². The van der Waals surface area contributed by atoms with Crippen LogP contribution in [0.4, 0.5) is 0 Å². The molecule has 3 aliphatic heterocycles. The first-order chi connectivity index (χ1) is 13.8. The molecule has 4 rings (SSSR count). The maximum absolute atomic E-state index is 12.4. The zero-order valence-electron chi connectivity index (χ0n) is 16.3. The number of hydrogen-bond donors (Lipinski definition) is 3. The summed E-state index contributed by atoms with van der Waals surface area (Å²) in [6, 6.07) is 1.75. The van der Waals surface area contributed by atoms with E-state index in [1.54, 1.807) is 13.0 Å². The number of aliphatic carboxylic acids is 1. The Kier molecular flexibility index (Phi) is 5.14. The highest BCUT2D eigenvalue weighted by atomic mass is 32.2. The van der Waals surface area contributed by atoms with Crippen molar-refractivity contribution in [3.05, 3.63) is 40.1 Å². The van der Waals surface area contributed by atoms with Crippen LogP contribution in [0.2, 0.25) is 0 Å². The second kappa shape index (κ2) is 7.47. The highest BCUT2D eigenvalue weighted by Gasteiger charge is 2.60. The lowest BCUT2D eigenvalue weighted by atomic mass is 9.79. The van der Waals surface area contributed by atoms with Crippen molar-refractivity contribution in [3.63, 3.8) is 0 Å². The smallest absolute Gasteiger partial charge is 0.353 e. The molecule has 1 aromatic rings. The van der Waals surface area contributed by atoms with Crippen molar-refractivity contribution in [2.24, 2.45) is 11.8 Å². The molecule has 1 aromatic heterocycles. The second-order valence-electron chi connectivity index (χ2n) is 7.69. The average molecular weight is 417 g/mol. The Morgan fingerprint density at radius 3 is 2.83 bits per heavy atom. The molecule has 1 fully saturated rings. The van der Waals surface area contributed by atoms with E-state index in [1.807, 2.05) is 19.1 Å². The number of amides is 1. The number of carboxylic acid groups (broad SMARTS) is 1. The lowest BCUT2D eigenvalue weighted by Crippen LogP contribution is -2.63. The number of nitrogens with zero attached hydrogens (tertiary/aromatic N) is 2. The minimum absolute atomic E-state index is 0.0286. The third-order valence-corrected chi connectivity index (χ3v) is 6.77. The van der Waals surface area contributed by atoms with Gasteiger partial charge >= 0.3 is 5.97 Å². The highest BCUT2D eigenvalue weighted by Crippen LogP contribution is 2.51. The summed E-state index contributed by atoms with van der Waals surface area (Å²) in [5.41, 5.74) is 1.78. The molecule has 29 heavy (non-hydrogen) atoms. The third kappa shape index (κ3) is 3.43. The topological polar surface area (TPSA) is 116 Å². The number of aliphatic hydroxyl groups is 1. The fourth-order valence-electron chi connectivity index (χ4n) is 4.19. The van der Waals surface area contributed by atoms with Crippen LogP contribution in [-0.2, 0) is 9.59 Å². The molecule has 0 saturated carbocycles. The Bertz CT molecular complexity index is 948. The molecule has 0 bridgehead atoms. The van der Waals surface area contributed by atoms with Crippen LogP contribution >= 0.6 is 11.8 Å². The van der Waals surface area contributed by atoms with E-state index in [4.69, 9.17) is 4.52 Å². The number of thioether (sulfide) groups is 1. The lowest BCUT2D eigenvalue weighted by Gasteiger charge is -2.46. The molecular weight excluding hydrogens is 394 g/mol.